The molecule has 0 atom stereocenters. The van der Waals surface area contributed by atoms with Gasteiger partial charge in [0.1, 0.15) is 19.2 Å². The second kappa shape index (κ2) is 3.64. The summed E-state index contributed by atoms with van der Waals surface area (Å²) in [6, 6.07) is 0. The van der Waals surface area contributed by atoms with Crippen molar-refractivity contribution in [1.29, 1.82) is 0 Å². The number of hydrogen-bond donors (Lipinski definition) is 0. The van der Waals surface area contributed by atoms with Gasteiger partial charge in [-0.2, -0.15) is 28.2 Å². The van der Waals surface area contributed by atoms with E-state index in [1.165, 1.54) is 17.3 Å². The molecule has 0 spiro atoms. The van der Waals surface area contributed by atoms with Gasteiger partial charge in [-0.15, -0.1) is 0 Å². The highest BCUT2D eigenvalue weighted by atomic mass is 19.2. The van der Waals surface area contributed by atoms with Gasteiger partial charge in [-0.25, -0.2) is 9.67 Å². The quantitative estimate of drug-likeness (QED) is 0.686. The van der Waals surface area contributed by atoms with Crippen LogP contribution in [0, 0.1) is 17.7 Å². The molecule has 0 aromatic carbocycles. The topological polar surface area (TPSA) is 56.5 Å². The van der Waals surface area contributed by atoms with Gasteiger partial charge in [0, 0.05) is 0 Å². The Hall–Kier alpha value is -1.99. The zero-order valence-corrected chi connectivity index (χ0v) is 7.23. The largest absolute Gasteiger partial charge is 0.255 e. The van der Waals surface area contributed by atoms with Gasteiger partial charge in [0.25, 0.3) is 11.9 Å². The molecule has 2 aromatic rings. The van der Waals surface area contributed by atoms with Gasteiger partial charge in [0.15, 0.2) is 5.82 Å². The summed E-state index contributed by atoms with van der Waals surface area (Å²) < 4.78 is 39.1. The first-order valence-corrected chi connectivity index (χ1v) is 3.86. The Morgan fingerprint density at radius 3 is 2.33 bits per heavy atom. The second-order valence-electron chi connectivity index (χ2n) is 2.63. The van der Waals surface area contributed by atoms with E-state index in [0.29, 0.717) is 0 Å². The van der Waals surface area contributed by atoms with Gasteiger partial charge < -0.3 is 0 Å². The third kappa shape index (κ3) is 1.92. The Balaban J connectivity index is 2.30. The first-order valence-electron chi connectivity index (χ1n) is 3.86. The normalized spacial score (nSPS) is 10.6. The average molecular weight is 215 g/mol. The van der Waals surface area contributed by atoms with Crippen LogP contribution in [0.25, 0.3) is 0 Å². The number of aromatic nitrogens is 5. The van der Waals surface area contributed by atoms with Gasteiger partial charge in [0.05, 0.1) is 0 Å². The maximum absolute atomic E-state index is 12.7. The van der Waals surface area contributed by atoms with Crippen molar-refractivity contribution in [1.82, 2.24) is 24.7 Å². The minimum Gasteiger partial charge on any atom is -0.245 e. The third-order valence-electron chi connectivity index (χ3n) is 1.59. The van der Waals surface area contributed by atoms with Crippen LogP contribution in [0.5, 0.6) is 0 Å². The smallest absolute Gasteiger partial charge is 0.245 e. The summed E-state index contributed by atoms with van der Waals surface area (Å²) in [7, 11) is 0. The molecule has 0 N–H and O–H groups in total. The molecule has 78 valence electrons. The Kier molecular flexibility index (Phi) is 2.32. The van der Waals surface area contributed by atoms with E-state index in [4.69, 9.17) is 0 Å². The van der Waals surface area contributed by atoms with Gasteiger partial charge in [-0.3, -0.25) is 0 Å². The first kappa shape index (κ1) is 9.56. The van der Waals surface area contributed by atoms with Crippen molar-refractivity contribution in [3.8, 4) is 0 Å². The fourth-order valence-corrected chi connectivity index (χ4v) is 0.965. The van der Waals surface area contributed by atoms with Crippen LogP contribution in [0.4, 0.5) is 13.2 Å². The number of nitrogens with zero attached hydrogens (tertiary/aromatic N) is 5. The Bertz CT molecular complexity index is 446. The van der Waals surface area contributed by atoms with Crippen LogP contribution >= 0.6 is 0 Å². The molecule has 2 heterocycles. The molecule has 0 fully saturated rings. The Labute approximate surface area is 81.6 Å². The minimum absolute atomic E-state index is 0.0753. The molecule has 0 saturated heterocycles. The molecule has 15 heavy (non-hydrogen) atoms. The zero-order chi connectivity index (χ0) is 10.8. The van der Waals surface area contributed by atoms with E-state index in [1.54, 1.807) is 0 Å². The molecular formula is C7H4F3N5. The Morgan fingerprint density at radius 1 is 1.13 bits per heavy atom. The van der Waals surface area contributed by atoms with Crippen LogP contribution in [0.3, 0.4) is 0 Å². The van der Waals surface area contributed by atoms with E-state index >= 15 is 0 Å². The van der Waals surface area contributed by atoms with E-state index in [-0.39, 0.29) is 12.4 Å². The lowest BCUT2D eigenvalue weighted by Crippen LogP contribution is -2.09. The molecule has 0 aliphatic heterocycles. The average Bonchev–Trinajstić information content (AvgIpc) is 2.66. The van der Waals surface area contributed by atoms with Crippen molar-refractivity contribution in [2.75, 3.05) is 0 Å². The molecule has 2 aromatic heterocycles. The van der Waals surface area contributed by atoms with Crippen molar-refractivity contribution in [3.05, 3.63) is 36.2 Å². The summed E-state index contributed by atoms with van der Waals surface area (Å²) in [5, 5.41) is 3.68. The van der Waals surface area contributed by atoms with E-state index in [2.05, 4.69) is 20.1 Å². The van der Waals surface area contributed by atoms with Gasteiger partial charge in [-0.1, -0.05) is 0 Å². The number of halogens is 3. The van der Waals surface area contributed by atoms with Crippen LogP contribution < -0.4 is 0 Å². The zero-order valence-electron chi connectivity index (χ0n) is 7.23. The maximum atomic E-state index is 12.7. The highest BCUT2D eigenvalue weighted by Crippen LogP contribution is 2.06. The van der Waals surface area contributed by atoms with Crippen LogP contribution in [0.1, 0.15) is 5.82 Å². The Morgan fingerprint density at radius 2 is 1.80 bits per heavy atom. The summed E-state index contributed by atoms with van der Waals surface area (Å²) in [6.07, 6.45) is 2.57. The lowest BCUT2D eigenvalue weighted by molar-refractivity contribution is 0.396. The molecule has 0 aliphatic rings. The molecule has 0 bridgehead atoms. The van der Waals surface area contributed by atoms with Crippen LogP contribution in [-0.4, -0.2) is 24.7 Å². The number of hydrogen-bond acceptors (Lipinski definition) is 4. The summed E-state index contributed by atoms with van der Waals surface area (Å²) in [5.74, 6) is -4.93. The second-order valence-corrected chi connectivity index (χ2v) is 2.63. The minimum atomic E-state index is -1.68. The molecule has 2 rings (SSSR count). The maximum Gasteiger partial charge on any atom is 0.255 e. The molecule has 0 aliphatic carbocycles. The van der Waals surface area contributed by atoms with Gasteiger partial charge in [-0.05, 0) is 0 Å². The van der Waals surface area contributed by atoms with E-state index in [0.717, 1.165) is 0 Å². The van der Waals surface area contributed by atoms with Gasteiger partial charge >= 0.3 is 0 Å². The van der Waals surface area contributed by atoms with Crippen molar-refractivity contribution in [3.63, 3.8) is 0 Å². The molecular weight excluding hydrogens is 211 g/mol. The summed E-state index contributed by atoms with van der Waals surface area (Å²) in [5.41, 5.74) is 0. The highest BCUT2D eigenvalue weighted by molar-refractivity contribution is 4.96. The van der Waals surface area contributed by atoms with Gasteiger partial charge in [0.2, 0.25) is 5.82 Å². The molecule has 0 saturated carbocycles. The fraction of sp³-hybridized carbons (Fsp3) is 0.143. The molecule has 0 amide bonds. The van der Waals surface area contributed by atoms with Crippen LogP contribution in [0.15, 0.2) is 12.7 Å². The molecule has 5 nitrogen and oxygen atoms in total. The lowest BCUT2D eigenvalue weighted by atomic mass is 10.5. The molecule has 0 radical (unpaired) electrons. The summed E-state index contributed by atoms with van der Waals surface area (Å²) in [6.45, 7) is -0.0753. The van der Waals surface area contributed by atoms with Crippen molar-refractivity contribution < 1.29 is 13.2 Å². The van der Waals surface area contributed by atoms with E-state index in [9.17, 15) is 13.2 Å². The third-order valence-corrected chi connectivity index (χ3v) is 1.59. The van der Waals surface area contributed by atoms with E-state index in [1.807, 2.05) is 0 Å². The monoisotopic (exact) mass is 215 g/mol. The van der Waals surface area contributed by atoms with Crippen molar-refractivity contribution in [2.45, 2.75) is 6.54 Å². The standard InChI is InChI=1S/C7H4F3N5/c8-5-6(9)13-4(14-7(5)10)1-15-3-11-2-12-15/h2-3H,1H2. The van der Waals surface area contributed by atoms with Crippen LogP contribution in [0.2, 0.25) is 0 Å². The summed E-state index contributed by atoms with van der Waals surface area (Å²) >= 11 is 0. The van der Waals surface area contributed by atoms with Crippen LogP contribution in [-0.2, 0) is 6.54 Å². The van der Waals surface area contributed by atoms with Crippen molar-refractivity contribution in [2.24, 2.45) is 0 Å². The predicted molar refractivity (Wildman–Crippen MR) is 41.0 cm³/mol. The predicted octanol–water partition coefficient (Wildman–Crippen LogP) is 0.534. The first-order chi connectivity index (χ1) is 7.16. The van der Waals surface area contributed by atoms with E-state index < -0.39 is 17.7 Å². The highest BCUT2D eigenvalue weighted by Gasteiger charge is 2.14. The van der Waals surface area contributed by atoms with Crippen molar-refractivity contribution >= 4 is 0 Å². The fourth-order valence-electron chi connectivity index (χ4n) is 0.965. The SMILES string of the molecule is Fc1nc(Cn2cncn2)nc(F)c1F. The molecule has 0 unspecified atom stereocenters. The summed E-state index contributed by atoms with van der Waals surface area (Å²) in [4.78, 5) is 9.87. The number of rotatable bonds is 2. The lowest BCUT2D eigenvalue weighted by Gasteiger charge is -2.00. The molecule has 8 heteroatoms.